The van der Waals surface area contributed by atoms with Crippen LogP contribution in [-0.2, 0) is 24.2 Å². The van der Waals surface area contributed by atoms with Gasteiger partial charge in [-0.05, 0) is 55.0 Å². The molecule has 3 aromatic rings. The second-order valence-electron chi connectivity index (χ2n) is 6.83. The standard InChI is InChI=1S/C24H23F3O/c1-3-28-15-20-12-13-21(24(27)23(20)26)18-9-5-17(6-10-18)7-11-19-8-4-16(2)14-22(19)25/h4-6,8-10,12-14H,3,7,11,15H2,1-2H3. The number of halogens is 3. The van der Waals surface area contributed by atoms with E-state index < -0.39 is 11.6 Å². The second-order valence-corrected chi connectivity index (χ2v) is 6.83. The molecule has 1 nitrogen and oxygen atoms in total. The lowest BCUT2D eigenvalue weighted by Gasteiger charge is -2.10. The van der Waals surface area contributed by atoms with E-state index in [2.05, 4.69) is 0 Å². The van der Waals surface area contributed by atoms with Crippen LogP contribution in [0.5, 0.6) is 0 Å². The van der Waals surface area contributed by atoms with Gasteiger partial charge in [-0.3, -0.25) is 0 Å². The minimum atomic E-state index is -0.870. The molecule has 0 amide bonds. The van der Waals surface area contributed by atoms with Crippen LogP contribution in [0.2, 0.25) is 0 Å². The molecule has 0 bridgehead atoms. The summed E-state index contributed by atoms with van der Waals surface area (Å²) in [6, 6.07) is 15.6. The SMILES string of the molecule is CCOCc1ccc(-c2ccc(CCc3ccc(C)cc3F)cc2)c(F)c1F. The van der Waals surface area contributed by atoms with Crippen molar-refractivity contribution in [3.05, 3.63) is 94.3 Å². The highest BCUT2D eigenvalue weighted by molar-refractivity contribution is 5.65. The molecule has 0 N–H and O–H groups in total. The predicted octanol–water partition coefficient (Wildman–Crippen LogP) is 6.40. The van der Waals surface area contributed by atoms with E-state index in [1.165, 1.54) is 6.07 Å². The van der Waals surface area contributed by atoms with Gasteiger partial charge in [-0.2, -0.15) is 0 Å². The molecule has 0 atom stereocenters. The van der Waals surface area contributed by atoms with Gasteiger partial charge >= 0.3 is 0 Å². The maximum Gasteiger partial charge on any atom is 0.167 e. The van der Waals surface area contributed by atoms with E-state index in [0.717, 1.165) is 11.1 Å². The number of hydrogen-bond acceptors (Lipinski definition) is 1. The molecule has 3 rings (SSSR count). The molecule has 0 heterocycles. The van der Waals surface area contributed by atoms with E-state index in [0.29, 0.717) is 30.6 Å². The molecule has 0 aliphatic rings. The van der Waals surface area contributed by atoms with Crippen LogP contribution in [-0.4, -0.2) is 6.61 Å². The van der Waals surface area contributed by atoms with Gasteiger partial charge < -0.3 is 4.74 Å². The lowest BCUT2D eigenvalue weighted by Crippen LogP contribution is -2.00. The molecule has 0 unspecified atom stereocenters. The number of rotatable bonds is 7. The minimum Gasteiger partial charge on any atom is -0.377 e. The number of aryl methyl sites for hydroxylation is 3. The fourth-order valence-electron chi connectivity index (χ4n) is 3.12. The first-order chi connectivity index (χ1) is 13.5. The summed E-state index contributed by atoms with van der Waals surface area (Å²) in [6.07, 6.45) is 1.25. The topological polar surface area (TPSA) is 9.23 Å². The van der Waals surface area contributed by atoms with Crippen LogP contribution in [0.25, 0.3) is 11.1 Å². The Balaban J connectivity index is 1.73. The lowest BCUT2D eigenvalue weighted by molar-refractivity contribution is 0.131. The third kappa shape index (κ3) is 4.63. The first-order valence-electron chi connectivity index (χ1n) is 9.38. The van der Waals surface area contributed by atoms with E-state index in [1.54, 1.807) is 37.3 Å². The molecule has 0 aliphatic heterocycles. The van der Waals surface area contributed by atoms with Crippen LogP contribution in [0.4, 0.5) is 13.2 Å². The Bertz CT molecular complexity index is 949. The normalized spacial score (nSPS) is 11.0. The van der Waals surface area contributed by atoms with Gasteiger partial charge in [0.2, 0.25) is 0 Å². The summed E-state index contributed by atoms with van der Waals surface area (Å²) in [5.41, 5.74) is 3.61. The first kappa shape index (κ1) is 20.2. The van der Waals surface area contributed by atoms with Crippen molar-refractivity contribution in [2.24, 2.45) is 0 Å². The number of hydrogen-bond donors (Lipinski definition) is 0. The van der Waals surface area contributed by atoms with Crippen LogP contribution in [0.3, 0.4) is 0 Å². The van der Waals surface area contributed by atoms with Crippen molar-refractivity contribution >= 4 is 0 Å². The quantitative estimate of drug-likeness (QED) is 0.458. The van der Waals surface area contributed by atoms with E-state index in [1.807, 2.05) is 25.1 Å². The van der Waals surface area contributed by atoms with Gasteiger partial charge in [0.15, 0.2) is 11.6 Å². The highest BCUT2D eigenvalue weighted by atomic mass is 19.2. The zero-order chi connectivity index (χ0) is 20.1. The second kappa shape index (κ2) is 9.07. The maximum absolute atomic E-state index is 14.4. The molecule has 0 saturated heterocycles. The van der Waals surface area contributed by atoms with Gasteiger partial charge in [-0.1, -0.05) is 48.5 Å². The summed E-state index contributed by atoms with van der Waals surface area (Å²) < 4.78 is 47.8. The van der Waals surface area contributed by atoms with Gasteiger partial charge in [0.1, 0.15) is 5.82 Å². The zero-order valence-electron chi connectivity index (χ0n) is 16.1. The van der Waals surface area contributed by atoms with Crippen molar-refractivity contribution in [3.63, 3.8) is 0 Å². The Morgan fingerprint density at radius 3 is 2.18 bits per heavy atom. The fraction of sp³-hybridized carbons (Fsp3) is 0.250. The Hall–Kier alpha value is -2.59. The van der Waals surface area contributed by atoms with Gasteiger partial charge in [0, 0.05) is 17.7 Å². The lowest BCUT2D eigenvalue weighted by atomic mass is 9.98. The van der Waals surface area contributed by atoms with Crippen molar-refractivity contribution in [3.8, 4) is 11.1 Å². The van der Waals surface area contributed by atoms with E-state index >= 15 is 0 Å². The molecular formula is C24H23F3O. The van der Waals surface area contributed by atoms with Crippen LogP contribution in [0.1, 0.15) is 29.2 Å². The van der Waals surface area contributed by atoms with E-state index in [-0.39, 0.29) is 23.6 Å². The van der Waals surface area contributed by atoms with E-state index in [9.17, 15) is 13.2 Å². The fourth-order valence-corrected chi connectivity index (χ4v) is 3.12. The highest BCUT2D eigenvalue weighted by Crippen LogP contribution is 2.27. The largest absolute Gasteiger partial charge is 0.377 e. The molecule has 0 spiro atoms. The summed E-state index contributed by atoms with van der Waals surface area (Å²) in [4.78, 5) is 0. The average molecular weight is 384 g/mol. The summed E-state index contributed by atoms with van der Waals surface area (Å²) in [6.45, 7) is 4.15. The number of ether oxygens (including phenoxy) is 1. The third-order valence-electron chi connectivity index (χ3n) is 4.78. The zero-order valence-corrected chi connectivity index (χ0v) is 16.1. The molecule has 3 aromatic carbocycles. The predicted molar refractivity (Wildman–Crippen MR) is 106 cm³/mol. The van der Waals surface area contributed by atoms with E-state index in [4.69, 9.17) is 4.74 Å². The summed E-state index contributed by atoms with van der Waals surface area (Å²) in [7, 11) is 0. The first-order valence-corrected chi connectivity index (χ1v) is 9.38. The van der Waals surface area contributed by atoms with Gasteiger partial charge in [0.25, 0.3) is 0 Å². The molecule has 146 valence electrons. The molecular weight excluding hydrogens is 361 g/mol. The minimum absolute atomic E-state index is 0.0496. The van der Waals surface area contributed by atoms with Crippen molar-refractivity contribution in [1.29, 1.82) is 0 Å². The molecule has 0 fully saturated rings. The summed E-state index contributed by atoms with van der Waals surface area (Å²) >= 11 is 0. The summed E-state index contributed by atoms with van der Waals surface area (Å²) in [5.74, 6) is -1.93. The highest BCUT2D eigenvalue weighted by Gasteiger charge is 2.14. The molecule has 4 heteroatoms. The van der Waals surface area contributed by atoms with Crippen molar-refractivity contribution in [1.82, 2.24) is 0 Å². The van der Waals surface area contributed by atoms with Crippen LogP contribution in [0, 0.1) is 24.4 Å². The smallest absolute Gasteiger partial charge is 0.167 e. The molecule has 0 radical (unpaired) electrons. The van der Waals surface area contributed by atoms with Crippen LogP contribution < -0.4 is 0 Å². The number of benzene rings is 3. The average Bonchev–Trinajstić information content (AvgIpc) is 2.69. The summed E-state index contributed by atoms with van der Waals surface area (Å²) in [5, 5.41) is 0. The van der Waals surface area contributed by atoms with Gasteiger partial charge in [-0.15, -0.1) is 0 Å². The van der Waals surface area contributed by atoms with Crippen molar-refractivity contribution in [2.75, 3.05) is 6.61 Å². The molecule has 0 aromatic heterocycles. The monoisotopic (exact) mass is 384 g/mol. The van der Waals surface area contributed by atoms with Crippen molar-refractivity contribution in [2.45, 2.75) is 33.3 Å². The molecule has 0 saturated carbocycles. The van der Waals surface area contributed by atoms with Crippen LogP contribution >= 0.6 is 0 Å². The third-order valence-corrected chi connectivity index (χ3v) is 4.78. The molecule has 28 heavy (non-hydrogen) atoms. The Labute approximate surface area is 163 Å². The Morgan fingerprint density at radius 2 is 1.50 bits per heavy atom. The van der Waals surface area contributed by atoms with Gasteiger partial charge in [-0.25, -0.2) is 13.2 Å². The Morgan fingerprint density at radius 1 is 0.786 bits per heavy atom. The Kier molecular flexibility index (Phi) is 6.53. The maximum atomic E-state index is 14.4. The van der Waals surface area contributed by atoms with Gasteiger partial charge in [0.05, 0.1) is 6.61 Å². The molecule has 0 aliphatic carbocycles. The van der Waals surface area contributed by atoms with Crippen molar-refractivity contribution < 1.29 is 17.9 Å². The van der Waals surface area contributed by atoms with Crippen LogP contribution in [0.15, 0.2) is 54.6 Å².